The molecule has 22 aliphatic rings. The van der Waals surface area contributed by atoms with Crippen LogP contribution in [0.15, 0.2) is 0 Å². The molecule has 66 heavy (non-hydrogen) atoms. The molecule has 30 heteroatoms. The van der Waals surface area contributed by atoms with Gasteiger partial charge in [-0.15, -0.1) is 0 Å². The first-order valence-corrected chi connectivity index (χ1v) is 21.4. The van der Waals surface area contributed by atoms with Gasteiger partial charge in [-0.3, -0.25) is 0 Å². The number of rotatable bonds is 6. The highest BCUT2D eigenvalue weighted by molar-refractivity contribution is 7.79. The lowest BCUT2D eigenvalue weighted by Crippen LogP contribution is -2.69. The predicted molar refractivity (Wildman–Crippen MR) is 202 cm³/mol. The van der Waals surface area contributed by atoms with Crippen LogP contribution in [0.4, 0.5) is 0 Å². The fourth-order valence-electron chi connectivity index (χ4n) is 8.84. The van der Waals surface area contributed by atoms with Crippen molar-refractivity contribution in [2.75, 3.05) is 33.0 Å². The predicted octanol–water partition coefficient (Wildman–Crippen LogP) is -12.0. The van der Waals surface area contributed by atoms with Crippen LogP contribution in [0.5, 0.6) is 0 Å². The minimum atomic E-state index is -2.14. The third kappa shape index (κ3) is 10.1. The molecule has 22 aliphatic heterocycles. The van der Waals surface area contributed by atoms with Gasteiger partial charge in [0.15, 0.2) is 37.7 Å². The van der Waals surface area contributed by atoms with Gasteiger partial charge in [-0.25, -0.2) is 0 Å². The van der Waals surface area contributed by atoms with Crippen molar-refractivity contribution in [2.24, 2.45) is 0 Å². The van der Waals surface area contributed by atoms with Crippen LogP contribution in [0, 0.1) is 0 Å². The van der Waals surface area contributed by atoms with Crippen LogP contribution in [0.1, 0.15) is 0 Å². The summed E-state index contributed by atoms with van der Waals surface area (Å²) in [5.41, 5.74) is 0. The Bertz CT molecular complexity index is 1550. The zero-order valence-corrected chi connectivity index (χ0v) is 35.2. The molecular formula is C36H58O29S. The van der Waals surface area contributed by atoms with E-state index < -0.39 is 217 Å². The van der Waals surface area contributed by atoms with E-state index in [1.54, 1.807) is 0 Å². The van der Waals surface area contributed by atoms with E-state index in [1.807, 2.05) is 0 Å². The van der Waals surface area contributed by atoms with Gasteiger partial charge in [0.05, 0.1) is 33.0 Å². The molecule has 17 N–H and O–H groups in total. The summed E-state index contributed by atoms with van der Waals surface area (Å²) in [5.74, 6) is 0. The van der Waals surface area contributed by atoms with E-state index in [1.165, 1.54) is 0 Å². The molecule has 0 aliphatic carbocycles. The van der Waals surface area contributed by atoms with Crippen molar-refractivity contribution in [3.8, 4) is 0 Å². The van der Waals surface area contributed by atoms with E-state index >= 15 is 0 Å². The summed E-state index contributed by atoms with van der Waals surface area (Å²) < 4.78 is 68.2. The van der Waals surface area contributed by atoms with Crippen LogP contribution in [0.2, 0.25) is 0 Å². The molecule has 0 spiro atoms. The van der Waals surface area contributed by atoms with Crippen molar-refractivity contribution in [3.05, 3.63) is 0 Å². The minimum absolute atomic E-state index is 0.905. The average molecular weight is 987 g/mol. The summed E-state index contributed by atoms with van der Waals surface area (Å²) in [7, 11) is 0. The zero-order valence-electron chi connectivity index (χ0n) is 34.3. The van der Waals surface area contributed by atoms with E-state index in [2.05, 4.69) is 0 Å². The van der Waals surface area contributed by atoms with Gasteiger partial charge in [-0.05, 0) is 0 Å². The standard InChI is InChI=1S/C36H58O29S/c37-1-7-25-13(42)19(48)31(54-7)61-26-8(2-38)56-33(21(50)15(26)44)63-28-10(4-40)58-35(23(52)17(28)46)65-30-12(6-66)59-36(24(53)18(30)47)64-29-11(5-41)57-34(22(51)16(29)45)62-27-9(3-39)55-32(60-25)20(49)14(27)43/h6-53H,1-5H2/t7-,8-,9-,10-,11-,12-,13-,14-,15-,16-,17-,18-,19-,20-,21-,22-,23-,24-,25-,26-,27-,28-,29-,30-,31-,32-,33-,34-,35-,36-/m1/s1. The first-order valence-electron chi connectivity index (χ1n) is 20.9. The molecule has 0 aromatic carbocycles. The van der Waals surface area contributed by atoms with Crippen LogP contribution >= 0.6 is 12.2 Å². The summed E-state index contributed by atoms with van der Waals surface area (Å²) in [6.45, 7) is -4.93. The van der Waals surface area contributed by atoms with Crippen molar-refractivity contribution in [2.45, 2.75) is 184 Å². The number of thiocarbonyl (C=S) groups is 1. The molecule has 0 amide bonds. The SMILES string of the molecule is OC[C@H]1O[C@@H]2O[C@H]3[C@H](O)[C@@H](O)[C@@H](O[C@H]4[C@H](O)[C@@H](O)[C@@H](O[C@H]5[C@H](O)[C@@H](O)[C@@H](O[C@H]6[C@H](O)[C@@H](O)[C@@H](O[C@H]7[C@H](O)[C@@H](O)[C@@H](O[C@H]1[C@H](O)[C@H]2O)O[C@@H]7C=S)O[C@@H]6CO)O[C@@H]5CO)O[C@@H]4CO)O[C@@H]3CO. The van der Waals surface area contributed by atoms with Crippen molar-refractivity contribution in [3.63, 3.8) is 0 Å². The Morgan fingerprint density at radius 3 is 0.636 bits per heavy atom. The van der Waals surface area contributed by atoms with Crippen molar-refractivity contribution < 1.29 is 144 Å². The third-order valence-corrected chi connectivity index (χ3v) is 12.8. The average Bonchev–Trinajstić information content (AvgIpc) is 3.31. The third-order valence-electron chi connectivity index (χ3n) is 12.6. The molecule has 0 aromatic rings. The van der Waals surface area contributed by atoms with E-state index in [0.717, 1.165) is 5.37 Å². The first kappa shape index (κ1) is 52.7. The van der Waals surface area contributed by atoms with E-state index in [-0.39, 0.29) is 0 Å². The van der Waals surface area contributed by atoms with Gasteiger partial charge in [0.25, 0.3) is 0 Å². The maximum absolute atomic E-state index is 11.3. The van der Waals surface area contributed by atoms with Gasteiger partial charge in [0, 0.05) is 5.37 Å². The van der Waals surface area contributed by atoms with Gasteiger partial charge in [0.1, 0.15) is 146 Å². The smallest absolute Gasteiger partial charge is 0.187 e. The lowest BCUT2D eigenvalue weighted by Gasteiger charge is -2.50. The highest BCUT2D eigenvalue weighted by Gasteiger charge is 2.58. The number of aliphatic hydroxyl groups excluding tert-OH is 17. The molecule has 22 saturated heterocycles. The fraction of sp³-hybridized carbons (Fsp3) is 0.972. The summed E-state index contributed by atoms with van der Waals surface area (Å²) >= 11 is 5.06. The molecule has 22 fully saturated rings. The highest BCUT2D eigenvalue weighted by Crippen LogP contribution is 2.38. The van der Waals surface area contributed by atoms with Crippen LogP contribution in [-0.2, 0) is 56.8 Å². The second-order valence-electron chi connectivity index (χ2n) is 16.7. The van der Waals surface area contributed by atoms with E-state index in [9.17, 15) is 86.8 Å². The zero-order chi connectivity index (χ0) is 48.0. The highest BCUT2D eigenvalue weighted by atomic mass is 32.1. The Balaban J connectivity index is 1.19. The van der Waals surface area contributed by atoms with Crippen molar-refractivity contribution in [1.29, 1.82) is 0 Å². The molecule has 30 atom stereocenters. The van der Waals surface area contributed by atoms with Crippen molar-refractivity contribution >= 4 is 17.6 Å². The van der Waals surface area contributed by atoms with E-state index in [4.69, 9.17) is 69.1 Å². The molecule has 0 unspecified atom stereocenters. The Hall–Kier alpha value is -1.07. The van der Waals surface area contributed by atoms with Gasteiger partial charge in [-0.1, -0.05) is 12.2 Å². The second-order valence-corrected chi connectivity index (χ2v) is 17.0. The monoisotopic (exact) mass is 986 g/mol. The quantitative estimate of drug-likeness (QED) is 0.110. The van der Waals surface area contributed by atoms with E-state index in [0.29, 0.717) is 0 Å². The van der Waals surface area contributed by atoms with Crippen LogP contribution in [-0.4, -0.2) is 309 Å². The van der Waals surface area contributed by atoms with Gasteiger partial charge < -0.3 is 144 Å². The summed E-state index contributed by atoms with van der Waals surface area (Å²) in [4.78, 5) is 0. The number of aliphatic hydroxyl groups is 17. The summed E-state index contributed by atoms with van der Waals surface area (Å²) in [6.07, 6.45) is -57.7. The molecule has 22 rings (SSSR count). The number of hydrogen-bond acceptors (Lipinski definition) is 30. The summed E-state index contributed by atoms with van der Waals surface area (Å²) in [5, 5.41) is 187. The Morgan fingerprint density at radius 1 is 0.258 bits per heavy atom. The maximum atomic E-state index is 11.3. The molecule has 0 saturated carbocycles. The van der Waals surface area contributed by atoms with Gasteiger partial charge in [-0.2, -0.15) is 0 Å². The number of ether oxygens (including phenoxy) is 12. The van der Waals surface area contributed by atoms with Crippen LogP contribution < -0.4 is 0 Å². The van der Waals surface area contributed by atoms with Gasteiger partial charge in [0.2, 0.25) is 0 Å². The van der Waals surface area contributed by atoms with Crippen LogP contribution in [0.3, 0.4) is 0 Å². The molecule has 0 radical (unpaired) electrons. The molecule has 29 nitrogen and oxygen atoms in total. The molecule has 12 bridgehead atoms. The molecule has 0 aromatic heterocycles. The summed E-state index contributed by atoms with van der Waals surface area (Å²) in [6, 6.07) is 0. The largest absolute Gasteiger partial charge is 0.394 e. The molecule has 22 heterocycles. The normalized spacial score (nSPS) is 55.3. The molecule has 382 valence electrons. The topological polar surface area (TPSA) is 455 Å². The van der Waals surface area contributed by atoms with Crippen molar-refractivity contribution in [1.82, 2.24) is 0 Å². The lowest BCUT2D eigenvalue weighted by molar-refractivity contribution is -0.401. The minimum Gasteiger partial charge on any atom is -0.394 e. The Labute approximate surface area is 378 Å². The van der Waals surface area contributed by atoms with Gasteiger partial charge >= 0.3 is 0 Å². The molecular weight excluding hydrogens is 928 g/mol. The maximum Gasteiger partial charge on any atom is 0.187 e. The number of hydrogen-bond donors (Lipinski definition) is 17. The Kier molecular flexibility index (Phi) is 17.7. The first-order chi connectivity index (χ1) is 31.4. The second kappa shape index (κ2) is 22.1. The fourth-order valence-corrected chi connectivity index (χ4v) is 9.06. The lowest BCUT2D eigenvalue weighted by atomic mass is 9.95. The Morgan fingerprint density at radius 2 is 0.439 bits per heavy atom. The van der Waals surface area contributed by atoms with Crippen LogP contribution in [0.25, 0.3) is 0 Å².